The maximum Gasteiger partial charge on any atom is 0.195 e. The number of benzene rings is 1. The van der Waals surface area contributed by atoms with Gasteiger partial charge in [0.05, 0.1) is 13.7 Å². The van der Waals surface area contributed by atoms with Crippen molar-refractivity contribution in [3.63, 3.8) is 0 Å². The van der Waals surface area contributed by atoms with Gasteiger partial charge in [0, 0.05) is 6.26 Å². The van der Waals surface area contributed by atoms with Crippen molar-refractivity contribution in [1.29, 1.82) is 0 Å². The molecule has 0 saturated heterocycles. The van der Waals surface area contributed by atoms with E-state index >= 15 is 0 Å². The number of rotatable bonds is 5. The minimum atomic E-state index is -3.39. The lowest BCUT2D eigenvalue weighted by Gasteiger charge is -2.17. The highest BCUT2D eigenvalue weighted by Gasteiger charge is 2.37. The third-order valence-corrected chi connectivity index (χ3v) is 5.50. The van der Waals surface area contributed by atoms with Crippen molar-refractivity contribution in [3.8, 4) is 5.75 Å². The number of halogens is 1. The van der Waals surface area contributed by atoms with Crippen LogP contribution in [0.1, 0.15) is 25.2 Å². The second kappa shape index (κ2) is 5.64. The summed E-state index contributed by atoms with van der Waals surface area (Å²) >= 11 is 0. The fourth-order valence-corrected chi connectivity index (χ4v) is 2.10. The highest BCUT2D eigenvalue weighted by Crippen LogP contribution is 2.25. The van der Waals surface area contributed by atoms with Crippen molar-refractivity contribution in [2.45, 2.75) is 25.1 Å². The fraction of sp³-hybridized carbons (Fsp3) is 0.462. The molecular formula is C13H17FN4O3S. The SMILES string of the molecule is COc1ccc(Cn2nnc(C(C)(C)S(C)(=O)=O)n2)cc1F. The molecule has 0 saturated carbocycles. The maximum absolute atomic E-state index is 13.6. The number of hydrogen-bond acceptors (Lipinski definition) is 6. The highest BCUT2D eigenvalue weighted by atomic mass is 32.2. The van der Waals surface area contributed by atoms with Crippen LogP contribution in [0.15, 0.2) is 18.2 Å². The number of sulfone groups is 1. The van der Waals surface area contributed by atoms with E-state index in [4.69, 9.17) is 4.74 Å². The first-order chi connectivity index (χ1) is 10.1. The number of tetrazole rings is 1. The zero-order valence-electron chi connectivity index (χ0n) is 12.7. The van der Waals surface area contributed by atoms with Crippen molar-refractivity contribution < 1.29 is 17.5 Å². The number of nitrogens with zero attached hydrogens (tertiary/aromatic N) is 4. The third-order valence-electron chi connectivity index (χ3n) is 3.46. The molecule has 0 aliphatic heterocycles. The fourth-order valence-electron chi connectivity index (χ4n) is 1.69. The summed E-state index contributed by atoms with van der Waals surface area (Å²) in [5, 5.41) is 11.7. The average molecular weight is 328 g/mol. The first-order valence-electron chi connectivity index (χ1n) is 6.45. The number of aromatic nitrogens is 4. The van der Waals surface area contributed by atoms with Crippen molar-refractivity contribution in [2.24, 2.45) is 0 Å². The molecule has 7 nitrogen and oxygen atoms in total. The van der Waals surface area contributed by atoms with Gasteiger partial charge in [0.1, 0.15) is 4.75 Å². The van der Waals surface area contributed by atoms with E-state index in [1.807, 2.05) is 0 Å². The van der Waals surface area contributed by atoms with Gasteiger partial charge in [-0.25, -0.2) is 12.8 Å². The van der Waals surface area contributed by atoms with Gasteiger partial charge in [-0.15, -0.1) is 10.2 Å². The van der Waals surface area contributed by atoms with E-state index in [9.17, 15) is 12.8 Å². The van der Waals surface area contributed by atoms with E-state index in [2.05, 4.69) is 15.4 Å². The van der Waals surface area contributed by atoms with Crippen LogP contribution in [0.2, 0.25) is 0 Å². The first kappa shape index (κ1) is 16.3. The maximum atomic E-state index is 13.6. The van der Waals surface area contributed by atoms with E-state index in [1.165, 1.54) is 37.9 Å². The molecule has 0 spiro atoms. The Bertz CT molecular complexity index is 786. The molecule has 0 fully saturated rings. The van der Waals surface area contributed by atoms with E-state index in [1.54, 1.807) is 6.07 Å². The van der Waals surface area contributed by atoms with Crippen LogP contribution in [-0.4, -0.2) is 42.0 Å². The monoisotopic (exact) mass is 328 g/mol. The van der Waals surface area contributed by atoms with Crippen LogP contribution in [0.5, 0.6) is 5.75 Å². The van der Waals surface area contributed by atoms with E-state index < -0.39 is 20.4 Å². The lowest BCUT2D eigenvalue weighted by Crippen LogP contribution is -2.29. The summed E-state index contributed by atoms with van der Waals surface area (Å²) in [6, 6.07) is 4.49. The van der Waals surface area contributed by atoms with Gasteiger partial charge in [-0.1, -0.05) is 6.07 Å². The van der Waals surface area contributed by atoms with Gasteiger partial charge < -0.3 is 4.74 Å². The molecule has 22 heavy (non-hydrogen) atoms. The summed E-state index contributed by atoms with van der Waals surface area (Å²) in [4.78, 5) is 1.23. The number of hydrogen-bond donors (Lipinski definition) is 0. The van der Waals surface area contributed by atoms with E-state index in [0.717, 1.165) is 6.26 Å². The molecule has 0 aliphatic carbocycles. The van der Waals surface area contributed by atoms with Crippen LogP contribution in [-0.2, 0) is 21.1 Å². The van der Waals surface area contributed by atoms with Crippen LogP contribution < -0.4 is 4.74 Å². The van der Waals surface area contributed by atoms with Gasteiger partial charge in [0.15, 0.2) is 27.2 Å². The third kappa shape index (κ3) is 3.08. The molecule has 0 N–H and O–H groups in total. The topological polar surface area (TPSA) is 87.0 Å². The average Bonchev–Trinajstić information content (AvgIpc) is 2.87. The van der Waals surface area contributed by atoms with Crippen LogP contribution >= 0.6 is 0 Å². The van der Waals surface area contributed by atoms with Crippen molar-refractivity contribution in [3.05, 3.63) is 35.4 Å². The van der Waals surface area contributed by atoms with Crippen LogP contribution in [0.25, 0.3) is 0 Å². The second-order valence-corrected chi connectivity index (χ2v) is 7.96. The van der Waals surface area contributed by atoms with Crippen LogP contribution in [0.3, 0.4) is 0 Å². The minimum absolute atomic E-state index is 0.101. The molecule has 1 heterocycles. The van der Waals surface area contributed by atoms with Gasteiger partial charge in [-0.3, -0.25) is 0 Å². The Labute approximate surface area is 128 Å². The van der Waals surface area contributed by atoms with E-state index in [0.29, 0.717) is 5.56 Å². The van der Waals surface area contributed by atoms with Crippen molar-refractivity contribution >= 4 is 9.84 Å². The Hall–Kier alpha value is -2.03. The number of methoxy groups -OCH3 is 1. The number of ether oxygens (including phenoxy) is 1. The zero-order valence-corrected chi connectivity index (χ0v) is 13.6. The van der Waals surface area contributed by atoms with Crippen LogP contribution in [0, 0.1) is 5.82 Å². The predicted molar refractivity (Wildman–Crippen MR) is 77.7 cm³/mol. The second-order valence-electron chi connectivity index (χ2n) is 5.39. The molecule has 2 aromatic rings. The highest BCUT2D eigenvalue weighted by molar-refractivity contribution is 7.91. The molecule has 0 atom stereocenters. The van der Waals surface area contributed by atoms with Crippen LogP contribution in [0.4, 0.5) is 4.39 Å². The summed E-state index contributed by atoms with van der Waals surface area (Å²) in [6.45, 7) is 3.20. The lowest BCUT2D eigenvalue weighted by atomic mass is 10.2. The van der Waals surface area contributed by atoms with Gasteiger partial charge >= 0.3 is 0 Å². The standard InChI is InChI=1S/C13H17FN4O3S/c1-13(2,22(4,19)20)12-15-17-18(16-12)8-9-5-6-11(21-3)10(14)7-9/h5-7H,8H2,1-4H3. The first-order valence-corrected chi connectivity index (χ1v) is 8.34. The Morgan fingerprint density at radius 3 is 2.59 bits per heavy atom. The molecule has 9 heteroatoms. The van der Waals surface area contributed by atoms with Gasteiger partial charge in [0.25, 0.3) is 0 Å². The molecule has 0 aliphatic rings. The summed E-state index contributed by atoms with van der Waals surface area (Å²) in [6.07, 6.45) is 1.12. The molecule has 0 amide bonds. The smallest absolute Gasteiger partial charge is 0.195 e. The quantitative estimate of drug-likeness (QED) is 0.818. The van der Waals surface area contributed by atoms with E-state index in [-0.39, 0.29) is 18.1 Å². The molecule has 1 aromatic heterocycles. The largest absolute Gasteiger partial charge is 0.494 e. The summed E-state index contributed by atoms with van der Waals surface area (Å²) < 4.78 is 40.7. The van der Waals surface area contributed by atoms with Gasteiger partial charge in [-0.05, 0) is 36.8 Å². The van der Waals surface area contributed by atoms with Crippen molar-refractivity contribution in [1.82, 2.24) is 20.2 Å². The zero-order chi connectivity index (χ0) is 16.5. The predicted octanol–water partition coefficient (Wildman–Crippen LogP) is 1.15. The van der Waals surface area contributed by atoms with Crippen molar-refractivity contribution in [2.75, 3.05) is 13.4 Å². The Kier molecular flexibility index (Phi) is 4.19. The molecule has 1 aromatic carbocycles. The Balaban J connectivity index is 2.25. The molecule has 0 radical (unpaired) electrons. The summed E-state index contributed by atoms with van der Waals surface area (Å²) in [5.41, 5.74) is 0.611. The normalized spacial score (nSPS) is 12.4. The minimum Gasteiger partial charge on any atom is -0.494 e. The van der Waals surface area contributed by atoms with Gasteiger partial charge in [-0.2, -0.15) is 4.80 Å². The molecule has 0 unspecified atom stereocenters. The Morgan fingerprint density at radius 1 is 1.36 bits per heavy atom. The van der Waals surface area contributed by atoms with Gasteiger partial charge in [0.2, 0.25) is 0 Å². The Morgan fingerprint density at radius 2 is 2.05 bits per heavy atom. The molecule has 120 valence electrons. The molecule has 0 bridgehead atoms. The summed E-state index contributed by atoms with van der Waals surface area (Å²) in [5.74, 6) is -0.241. The molecular weight excluding hydrogens is 311 g/mol. The lowest BCUT2D eigenvalue weighted by molar-refractivity contribution is 0.386. The summed E-state index contributed by atoms with van der Waals surface area (Å²) in [7, 11) is -2.00. The molecule has 2 rings (SSSR count).